The van der Waals surface area contributed by atoms with Crippen LogP contribution in [-0.2, 0) is 18.4 Å². The predicted molar refractivity (Wildman–Crippen MR) is 174 cm³/mol. The average molecular weight is 586 g/mol. The van der Waals surface area contributed by atoms with Crippen LogP contribution in [0.25, 0.3) is 28.0 Å². The van der Waals surface area contributed by atoms with Gasteiger partial charge in [-0.25, -0.2) is 0 Å². The molecule has 7 nitrogen and oxygen atoms in total. The summed E-state index contributed by atoms with van der Waals surface area (Å²) in [5.74, 6) is 0.772. The van der Waals surface area contributed by atoms with Gasteiger partial charge in [0.1, 0.15) is 11.5 Å². The second kappa shape index (κ2) is 10.4. The molecule has 6 N–H and O–H groups in total. The lowest BCUT2D eigenvalue weighted by Gasteiger charge is -2.39. The largest absolute Gasteiger partial charge is 0.493 e. The van der Waals surface area contributed by atoms with Crippen LogP contribution in [-0.4, -0.2) is 20.2 Å². The van der Waals surface area contributed by atoms with E-state index in [9.17, 15) is 0 Å². The standard InChI is InChI=1S/C37H35N3O4/c1-22-8-11-24(12-9-22)36(25-13-17-32(41-2)33(20-25)42-3)19-18-29-31-21-26(43-37(38,39)40)14-16-28(31)34-27-7-5-4-6-23(27)10-15-30(34)35(29)44-36/h4-9,11-14,16-21H,10,15,38-40H2,1-3H3. The molecule has 2 aliphatic rings. The molecule has 1 heterocycles. The van der Waals surface area contributed by atoms with Crippen LogP contribution in [0.1, 0.15) is 33.4 Å². The molecule has 7 heteroatoms. The zero-order valence-corrected chi connectivity index (χ0v) is 25.0. The van der Waals surface area contributed by atoms with Crippen LogP contribution in [0.5, 0.6) is 23.0 Å². The van der Waals surface area contributed by atoms with Crippen molar-refractivity contribution in [3.8, 4) is 34.1 Å². The van der Waals surface area contributed by atoms with E-state index < -0.39 is 11.6 Å². The van der Waals surface area contributed by atoms with E-state index in [0.29, 0.717) is 17.2 Å². The van der Waals surface area contributed by atoms with Gasteiger partial charge in [-0.05, 0) is 83.6 Å². The Kier molecular flexibility index (Phi) is 6.62. The maximum atomic E-state index is 7.37. The van der Waals surface area contributed by atoms with Gasteiger partial charge in [-0.1, -0.05) is 66.2 Å². The topological polar surface area (TPSA) is 115 Å². The highest BCUT2D eigenvalue weighted by Crippen LogP contribution is 2.52. The Bertz CT molecular complexity index is 1940. The number of hydrogen-bond donors (Lipinski definition) is 3. The minimum atomic E-state index is -1.81. The van der Waals surface area contributed by atoms with Crippen molar-refractivity contribution in [2.75, 3.05) is 14.2 Å². The first-order chi connectivity index (χ1) is 21.2. The summed E-state index contributed by atoms with van der Waals surface area (Å²) in [5.41, 5.74) is 25.4. The molecule has 0 saturated heterocycles. The van der Waals surface area contributed by atoms with E-state index in [-0.39, 0.29) is 0 Å². The van der Waals surface area contributed by atoms with Crippen molar-refractivity contribution in [3.63, 3.8) is 0 Å². The summed E-state index contributed by atoms with van der Waals surface area (Å²) in [4.78, 5) is 0. The molecule has 5 aromatic rings. The van der Waals surface area contributed by atoms with Crippen LogP contribution in [0.4, 0.5) is 0 Å². The number of hydrogen-bond acceptors (Lipinski definition) is 7. The number of methoxy groups -OCH3 is 2. The van der Waals surface area contributed by atoms with E-state index in [0.717, 1.165) is 51.6 Å². The average Bonchev–Trinajstić information content (AvgIpc) is 3.03. The van der Waals surface area contributed by atoms with Crippen LogP contribution in [0.15, 0.2) is 91.0 Å². The van der Waals surface area contributed by atoms with E-state index in [4.69, 9.17) is 36.1 Å². The Labute approximate surface area is 256 Å². The second-order valence-electron chi connectivity index (χ2n) is 11.5. The Hall–Kier alpha value is -4.82. The molecule has 44 heavy (non-hydrogen) atoms. The molecule has 1 unspecified atom stereocenters. The van der Waals surface area contributed by atoms with Crippen molar-refractivity contribution in [1.82, 2.24) is 0 Å². The normalized spacial score (nSPS) is 16.9. The van der Waals surface area contributed by atoms with Gasteiger partial charge in [0.05, 0.1) is 14.2 Å². The number of benzene rings is 5. The van der Waals surface area contributed by atoms with Crippen LogP contribution < -0.4 is 36.1 Å². The number of ether oxygens (including phenoxy) is 4. The first-order valence-electron chi connectivity index (χ1n) is 14.6. The molecular weight excluding hydrogens is 550 g/mol. The summed E-state index contributed by atoms with van der Waals surface area (Å²) in [5, 5.41) is 2.05. The van der Waals surface area contributed by atoms with Gasteiger partial charge in [-0.3, -0.25) is 17.2 Å². The molecule has 1 atom stereocenters. The molecule has 5 aromatic carbocycles. The molecule has 222 valence electrons. The summed E-state index contributed by atoms with van der Waals surface area (Å²) in [7, 11) is 3.28. The predicted octanol–water partition coefficient (Wildman–Crippen LogP) is 6.15. The Morgan fingerprint density at radius 3 is 2.27 bits per heavy atom. The molecule has 0 amide bonds. The zero-order chi connectivity index (χ0) is 30.6. The number of rotatable bonds is 6. The third-order valence-corrected chi connectivity index (χ3v) is 8.64. The van der Waals surface area contributed by atoms with Crippen LogP contribution in [0.2, 0.25) is 0 Å². The summed E-state index contributed by atoms with van der Waals surface area (Å²) in [6, 6.07) is 28.9. The first kappa shape index (κ1) is 28.0. The van der Waals surface area contributed by atoms with E-state index >= 15 is 0 Å². The van der Waals surface area contributed by atoms with Crippen LogP contribution in [0, 0.1) is 6.92 Å². The van der Waals surface area contributed by atoms with Crippen molar-refractivity contribution >= 4 is 16.8 Å². The monoisotopic (exact) mass is 585 g/mol. The van der Waals surface area contributed by atoms with Gasteiger partial charge < -0.3 is 18.9 Å². The molecule has 0 spiro atoms. The van der Waals surface area contributed by atoms with E-state index in [1.54, 1.807) is 14.2 Å². The number of fused-ring (bicyclic) bond motifs is 8. The highest BCUT2D eigenvalue weighted by molar-refractivity contribution is 6.07. The van der Waals surface area contributed by atoms with Gasteiger partial charge in [0.2, 0.25) is 0 Å². The molecule has 0 radical (unpaired) electrons. The van der Waals surface area contributed by atoms with Crippen molar-refractivity contribution < 1.29 is 18.9 Å². The molecular formula is C37H35N3O4. The van der Waals surface area contributed by atoms with Crippen LogP contribution >= 0.6 is 0 Å². The lowest BCUT2D eigenvalue weighted by Crippen LogP contribution is -2.62. The van der Waals surface area contributed by atoms with E-state index in [2.05, 4.69) is 73.7 Å². The summed E-state index contributed by atoms with van der Waals surface area (Å²) in [6.45, 7) is 2.08. The molecule has 1 aliphatic heterocycles. The van der Waals surface area contributed by atoms with Gasteiger partial charge in [-0.15, -0.1) is 0 Å². The van der Waals surface area contributed by atoms with Crippen LogP contribution in [0.3, 0.4) is 0 Å². The van der Waals surface area contributed by atoms with Gasteiger partial charge in [-0.2, -0.15) is 0 Å². The summed E-state index contributed by atoms with van der Waals surface area (Å²) in [6.07, 6.45) is 6.03. The quantitative estimate of drug-likeness (QED) is 0.205. The lowest BCUT2D eigenvalue weighted by atomic mass is 9.78. The third kappa shape index (κ3) is 4.57. The van der Waals surface area contributed by atoms with E-state index in [1.807, 2.05) is 30.3 Å². The fraction of sp³-hybridized carbons (Fsp3) is 0.189. The van der Waals surface area contributed by atoms with E-state index in [1.165, 1.54) is 22.3 Å². The molecule has 0 fully saturated rings. The maximum absolute atomic E-state index is 7.37. The zero-order valence-electron chi connectivity index (χ0n) is 25.0. The molecule has 7 rings (SSSR count). The molecule has 1 aliphatic carbocycles. The highest BCUT2D eigenvalue weighted by Gasteiger charge is 2.40. The maximum Gasteiger partial charge on any atom is 0.271 e. The van der Waals surface area contributed by atoms with Crippen molar-refractivity contribution in [2.24, 2.45) is 17.2 Å². The van der Waals surface area contributed by atoms with Crippen molar-refractivity contribution in [2.45, 2.75) is 31.3 Å². The fourth-order valence-electron chi connectivity index (χ4n) is 6.60. The Morgan fingerprint density at radius 1 is 0.773 bits per heavy atom. The van der Waals surface area contributed by atoms with Gasteiger partial charge in [0, 0.05) is 22.3 Å². The van der Waals surface area contributed by atoms with Crippen molar-refractivity contribution in [3.05, 3.63) is 124 Å². The van der Waals surface area contributed by atoms with Gasteiger partial charge in [0.15, 0.2) is 17.1 Å². The smallest absolute Gasteiger partial charge is 0.271 e. The molecule has 0 aromatic heterocycles. The second-order valence-corrected chi connectivity index (χ2v) is 11.5. The lowest BCUT2D eigenvalue weighted by molar-refractivity contribution is 0.0904. The summed E-state index contributed by atoms with van der Waals surface area (Å²) >= 11 is 0. The Morgan fingerprint density at radius 2 is 1.52 bits per heavy atom. The fourth-order valence-corrected chi connectivity index (χ4v) is 6.60. The minimum Gasteiger partial charge on any atom is -0.493 e. The SMILES string of the molecule is COc1ccc(C2(c3ccc(C)cc3)C=Cc3c(c4c(c5ccc(OC(N)(N)N)cc35)-c3ccccc3CC4)O2)cc1OC. The van der Waals surface area contributed by atoms with Gasteiger partial charge in [0.25, 0.3) is 5.97 Å². The van der Waals surface area contributed by atoms with Gasteiger partial charge >= 0.3 is 0 Å². The molecule has 0 saturated carbocycles. The van der Waals surface area contributed by atoms with Crippen molar-refractivity contribution in [1.29, 1.82) is 0 Å². The highest BCUT2D eigenvalue weighted by atomic mass is 16.5. The third-order valence-electron chi connectivity index (χ3n) is 8.64. The molecule has 0 bridgehead atoms. The first-order valence-corrected chi connectivity index (χ1v) is 14.6. The Balaban J connectivity index is 1.52. The minimum absolute atomic E-state index is 0.472. The number of nitrogens with two attached hydrogens (primary N) is 3. The summed E-state index contributed by atoms with van der Waals surface area (Å²) < 4.78 is 24.4. The number of aryl methyl sites for hydroxylation is 2.